The molecule has 0 aromatic rings. The highest BCUT2D eigenvalue weighted by atomic mass is 16.4. The molecular weight excluding hydrogens is 258 g/mol. The second kappa shape index (κ2) is 5.60. The monoisotopic (exact) mass is 283 g/mol. The summed E-state index contributed by atoms with van der Waals surface area (Å²) in [5.74, 6) is -0.899. The van der Waals surface area contributed by atoms with Crippen LogP contribution < -0.4 is 0 Å². The first kappa shape index (κ1) is 15.1. The molecule has 1 atom stereocenters. The average Bonchev–Trinajstić information content (AvgIpc) is 2.81. The van der Waals surface area contributed by atoms with Gasteiger partial charge in [0, 0.05) is 38.8 Å². The maximum absolute atomic E-state index is 12.6. The van der Waals surface area contributed by atoms with Gasteiger partial charge in [0.05, 0.1) is 0 Å². The van der Waals surface area contributed by atoms with E-state index in [0.29, 0.717) is 32.1 Å². The largest absolute Gasteiger partial charge is 0.480 e. The van der Waals surface area contributed by atoms with Gasteiger partial charge in [-0.3, -0.25) is 4.90 Å². The molecule has 0 spiro atoms. The smallest absolute Gasteiger partial charge is 0.329 e. The van der Waals surface area contributed by atoms with Gasteiger partial charge in [-0.1, -0.05) is 0 Å². The van der Waals surface area contributed by atoms with Crippen molar-refractivity contribution in [1.82, 2.24) is 14.7 Å². The minimum atomic E-state index is -1.04. The molecule has 1 N–H and O–H groups in total. The summed E-state index contributed by atoms with van der Waals surface area (Å²) in [5.41, 5.74) is -1.04. The Morgan fingerprint density at radius 3 is 2.20 bits per heavy atom. The van der Waals surface area contributed by atoms with Crippen LogP contribution in [-0.2, 0) is 4.79 Å². The van der Waals surface area contributed by atoms with Gasteiger partial charge in [-0.2, -0.15) is 0 Å². The zero-order valence-electron chi connectivity index (χ0n) is 12.6. The fourth-order valence-electron chi connectivity index (χ4n) is 3.09. The zero-order valence-corrected chi connectivity index (χ0v) is 12.6. The van der Waals surface area contributed by atoms with Gasteiger partial charge in [-0.05, 0) is 33.6 Å². The summed E-state index contributed by atoms with van der Waals surface area (Å²) in [6, 6.07) is 0.374. The zero-order chi connectivity index (χ0) is 14.9. The first-order valence-electron chi connectivity index (χ1n) is 7.40. The third-order valence-electron chi connectivity index (χ3n) is 4.65. The molecule has 2 heterocycles. The molecule has 1 unspecified atom stereocenters. The Bertz CT molecular complexity index is 391. The van der Waals surface area contributed by atoms with Crippen molar-refractivity contribution < 1.29 is 14.7 Å². The molecule has 114 valence electrons. The van der Waals surface area contributed by atoms with Crippen molar-refractivity contribution in [3.63, 3.8) is 0 Å². The molecule has 0 aromatic carbocycles. The third kappa shape index (κ3) is 2.61. The van der Waals surface area contributed by atoms with Crippen LogP contribution in [-0.4, -0.2) is 76.1 Å². The Morgan fingerprint density at radius 1 is 1.10 bits per heavy atom. The van der Waals surface area contributed by atoms with Gasteiger partial charge in [-0.15, -0.1) is 0 Å². The van der Waals surface area contributed by atoms with E-state index in [0.717, 1.165) is 19.5 Å². The van der Waals surface area contributed by atoms with Crippen molar-refractivity contribution in [2.45, 2.75) is 45.2 Å². The number of hydrogen-bond donors (Lipinski definition) is 1. The summed E-state index contributed by atoms with van der Waals surface area (Å²) in [6.45, 7) is 9.60. The van der Waals surface area contributed by atoms with Gasteiger partial charge < -0.3 is 14.9 Å². The number of urea groups is 1. The number of carbonyl (C=O) groups is 2. The highest BCUT2D eigenvalue weighted by Gasteiger charge is 2.47. The summed E-state index contributed by atoms with van der Waals surface area (Å²) < 4.78 is 0. The van der Waals surface area contributed by atoms with E-state index in [1.807, 2.05) is 0 Å². The Balaban J connectivity index is 2.00. The molecule has 2 amide bonds. The molecule has 2 rings (SSSR count). The van der Waals surface area contributed by atoms with Crippen molar-refractivity contribution in [2.24, 2.45) is 0 Å². The minimum Gasteiger partial charge on any atom is -0.480 e. The van der Waals surface area contributed by atoms with Crippen LogP contribution >= 0.6 is 0 Å². The molecule has 20 heavy (non-hydrogen) atoms. The number of aliphatic carboxylic acids is 1. The van der Waals surface area contributed by atoms with Crippen LogP contribution in [0.25, 0.3) is 0 Å². The summed E-state index contributed by atoms with van der Waals surface area (Å²) >= 11 is 0. The van der Waals surface area contributed by atoms with Crippen molar-refractivity contribution >= 4 is 12.0 Å². The number of piperazine rings is 1. The lowest BCUT2D eigenvalue weighted by Gasteiger charge is -2.41. The fraction of sp³-hybridized carbons (Fsp3) is 0.857. The second-order valence-electron chi connectivity index (χ2n) is 6.23. The van der Waals surface area contributed by atoms with E-state index < -0.39 is 11.5 Å². The number of likely N-dealkylation sites (tertiary alicyclic amines) is 1. The number of hydrogen-bond acceptors (Lipinski definition) is 3. The molecule has 0 saturated carbocycles. The molecule has 0 aromatic heterocycles. The Morgan fingerprint density at radius 2 is 1.70 bits per heavy atom. The Kier molecular flexibility index (Phi) is 4.22. The van der Waals surface area contributed by atoms with E-state index in [4.69, 9.17) is 0 Å². The fourth-order valence-corrected chi connectivity index (χ4v) is 3.09. The van der Waals surface area contributed by atoms with Crippen LogP contribution in [0.3, 0.4) is 0 Å². The van der Waals surface area contributed by atoms with Crippen LogP contribution in [0, 0.1) is 0 Å². The standard InChI is InChI=1S/C14H25N3O3/c1-11(2)15-7-9-16(10-8-15)13(20)17-6-4-5-14(17,3)12(18)19/h11H,4-10H2,1-3H3,(H,18,19). The van der Waals surface area contributed by atoms with Crippen LogP contribution in [0.4, 0.5) is 4.79 Å². The lowest BCUT2D eigenvalue weighted by atomic mass is 9.99. The summed E-state index contributed by atoms with van der Waals surface area (Å²) in [5, 5.41) is 9.38. The van der Waals surface area contributed by atoms with Crippen molar-refractivity contribution in [1.29, 1.82) is 0 Å². The highest BCUT2D eigenvalue weighted by molar-refractivity contribution is 5.86. The molecule has 6 nitrogen and oxygen atoms in total. The van der Waals surface area contributed by atoms with E-state index in [1.165, 1.54) is 0 Å². The first-order valence-corrected chi connectivity index (χ1v) is 7.40. The molecule has 2 aliphatic heterocycles. The molecule has 0 radical (unpaired) electrons. The van der Waals surface area contributed by atoms with Crippen molar-refractivity contribution in [2.75, 3.05) is 32.7 Å². The third-order valence-corrected chi connectivity index (χ3v) is 4.65. The molecule has 2 saturated heterocycles. The predicted molar refractivity (Wildman–Crippen MR) is 75.7 cm³/mol. The number of carbonyl (C=O) groups excluding carboxylic acids is 1. The van der Waals surface area contributed by atoms with Crippen LogP contribution in [0.15, 0.2) is 0 Å². The quantitative estimate of drug-likeness (QED) is 0.823. The summed E-state index contributed by atoms with van der Waals surface area (Å²) in [7, 11) is 0. The van der Waals surface area contributed by atoms with Crippen LogP contribution in [0.1, 0.15) is 33.6 Å². The van der Waals surface area contributed by atoms with E-state index in [1.54, 1.807) is 16.7 Å². The number of carboxylic acid groups (broad SMARTS) is 1. The maximum atomic E-state index is 12.6. The average molecular weight is 283 g/mol. The Labute approximate surface area is 120 Å². The van der Waals surface area contributed by atoms with Gasteiger partial charge in [0.2, 0.25) is 0 Å². The van der Waals surface area contributed by atoms with Gasteiger partial charge in [0.15, 0.2) is 0 Å². The molecule has 0 bridgehead atoms. The molecular formula is C14H25N3O3. The van der Waals surface area contributed by atoms with E-state index in [9.17, 15) is 14.7 Å². The number of nitrogens with zero attached hydrogens (tertiary/aromatic N) is 3. The molecule has 6 heteroatoms. The lowest BCUT2D eigenvalue weighted by molar-refractivity contribution is -0.147. The lowest BCUT2D eigenvalue weighted by Crippen LogP contribution is -2.59. The van der Waals surface area contributed by atoms with Crippen LogP contribution in [0.2, 0.25) is 0 Å². The van der Waals surface area contributed by atoms with E-state index >= 15 is 0 Å². The SMILES string of the molecule is CC(C)N1CCN(C(=O)N2CCCC2(C)C(=O)O)CC1. The van der Waals surface area contributed by atoms with Gasteiger partial charge in [0.25, 0.3) is 0 Å². The van der Waals surface area contributed by atoms with Gasteiger partial charge in [-0.25, -0.2) is 9.59 Å². The molecule has 2 fully saturated rings. The maximum Gasteiger partial charge on any atom is 0.329 e. The van der Waals surface area contributed by atoms with E-state index in [-0.39, 0.29) is 6.03 Å². The Hall–Kier alpha value is -1.30. The number of carboxylic acids is 1. The summed E-state index contributed by atoms with van der Waals surface area (Å²) in [4.78, 5) is 29.7. The normalized spacial score (nSPS) is 28.2. The van der Waals surface area contributed by atoms with Crippen molar-refractivity contribution in [3.8, 4) is 0 Å². The number of rotatable bonds is 2. The molecule has 0 aliphatic carbocycles. The van der Waals surface area contributed by atoms with Crippen molar-refractivity contribution in [3.05, 3.63) is 0 Å². The topological polar surface area (TPSA) is 64.1 Å². The van der Waals surface area contributed by atoms with Crippen LogP contribution in [0.5, 0.6) is 0 Å². The van der Waals surface area contributed by atoms with Gasteiger partial charge >= 0.3 is 12.0 Å². The second-order valence-corrected chi connectivity index (χ2v) is 6.23. The number of amides is 2. The summed E-state index contributed by atoms with van der Waals surface area (Å²) in [6.07, 6.45) is 1.31. The first-order chi connectivity index (χ1) is 9.36. The highest BCUT2D eigenvalue weighted by Crippen LogP contribution is 2.30. The van der Waals surface area contributed by atoms with E-state index in [2.05, 4.69) is 18.7 Å². The van der Waals surface area contributed by atoms with Gasteiger partial charge in [0.1, 0.15) is 5.54 Å². The molecule has 2 aliphatic rings. The minimum absolute atomic E-state index is 0.115. The predicted octanol–water partition coefficient (Wildman–Crippen LogP) is 1.07.